The first-order valence-corrected chi connectivity index (χ1v) is 7.37. The second-order valence-electron chi connectivity index (χ2n) is 3.94. The molecule has 0 saturated heterocycles. The van der Waals surface area contributed by atoms with E-state index in [0.717, 1.165) is 15.6 Å². The topological polar surface area (TPSA) is 60.2 Å². The molecule has 0 saturated carbocycles. The van der Waals surface area contributed by atoms with Crippen molar-refractivity contribution in [2.75, 3.05) is 6.26 Å². The Kier molecular flexibility index (Phi) is 2.65. The molecule has 0 radical (unpaired) electrons. The SMILES string of the molecule is CS(=O)(=O)C1Cc2cc(Br)ccc2C1N. The van der Waals surface area contributed by atoms with Crippen LogP contribution in [-0.2, 0) is 16.3 Å². The number of halogens is 1. The lowest BCUT2D eigenvalue weighted by Crippen LogP contribution is -2.29. The molecule has 0 bridgehead atoms. The van der Waals surface area contributed by atoms with E-state index < -0.39 is 15.1 Å². The molecule has 1 aromatic carbocycles. The molecule has 2 unspecified atom stereocenters. The lowest BCUT2D eigenvalue weighted by molar-refractivity contribution is 0.571. The van der Waals surface area contributed by atoms with Crippen LogP contribution in [0.4, 0.5) is 0 Å². The van der Waals surface area contributed by atoms with E-state index in [2.05, 4.69) is 15.9 Å². The molecule has 0 spiro atoms. The second-order valence-corrected chi connectivity index (χ2v) is 7.12. The highest BCUT2D eigenvalue weighted by Gasteiger charge is 2.36. The fourth-order valence-electron chi connectivity index (χ4n) is 2.04. The quantitative estimate of drug-likeness (QED) is 0.851. The van der Waals surface area contributed by atoms with Crippen LogP contribution in [0, 0.1) is 0 Å². The minimum Gasteiger partial charge on any atom is -0.323 e. The van der Waals surface area contributed by atoms with E-state index in [1.165, 1.54) is 6.26 Å². The Bertz CT molecular complexity index is 498. The predicted molar refractivity (Wildman–Crippen MR) is 63.4 cm³/mol. The Balaban J connectivity index is 2.46. The first-order chi connectivity index (χ1) is 6.89. The van der Waals surface area contributed by atoms with Gasteiger partial charge in [-0.3, -0.25) is 0 Å². The van der Waals surface area contributed by atoms with Gasteiger partial charge < -0.3 is 5.73 Å². The van der Waals surface area contributed by atoms with Gasteiger partial charge in [0.25, 0.3) is 0 Å². The molecule has 0 aliphatic heterocycles. The lowest BCUT2D eigenvalue weighted by atomic mass is 10.1. The third-order valence-corrected chi connectivity index (χ3v) is 4.89. The summed E-state index contributed by atoms with van der Waals surface area (Å²) in [6.07, 6.45) is 1.77. The average molecular weight is 290 g/mol. The Labute approximate surface area is 97.7 Å². The zero-order chi connectivity index (χ0) is 11.2. The normalized spacial score (nSPS) is 25.3. The summed E-state index contributed by atoms with van der Waals surface area (Å²) in [5.74, 6) is 0. The van der Waals surface area contributed by atoms with E-state index in [0.29, 0.717) is 6.42 Å². The average Bonchev–Trinajstić information content (AvgIpc) is 2.42. The van der Waals surface area contributed by atoms with E-state index in [1.807, 2.05) is 18.2 Å². The maximum absolute atomic E-state index is 11.5. The standard InChI is InChI=1S/C10H12BrNO2S/c1-15(13,14)9-5-6-4-7(11)2-3-8(6)10(9)12/h2-4,9-10H,5,12H2,1H3. The highest BCUT2D eigenvalue weighted by Crippen LogP contribution is 2.34. The molecule has 0 aromatic heterocycles. The van der Waals surface area contributed by atoms with Gasteiger partial charge in [0.15, 0.2) is 9.84 Å². The van der Waals surface area contributed by atoms with E-state index in [1.54, 1.807) is 0 Å². The number of benzene rings is 1. The molecule has 5 heteroatoms. The zero-order valence-electron chi connectivity index (χ0n) is 8.27. The largest absolute Gasteiger partial charge is 0.323 e. The Morgan fingerprint density at radius 3 is 2.73 bits per heavy atom. The van der Waals surface area contributed by atoms with Crippen LogP contribution in [0.25, 0.3) is 0 Å². The van der Waals surface area contributed by atoms with Gasteiger partial charge in [-0.05, 0) is 29.7 Å². The van der Waals surface area contributed by atoms with Crippen LogP contribution in [0.3, 0.4) is 0 Å². The molecule has 0 fully saturated rings. The first-order valence-electron chi connectivity index (χ1n) is 4.62. The van der Waals surface area contributed by atoms with Gasteiger partial charge in [-0.15, -0.1) is 0 Å². The molecule has 2 atom stereocenters. The van der Waals surface area contributed by atoms with Crippen molar-refractivity contribution in [3.63, 3.8) is 0 Å². The highest BCUT2D eigenvalue weighted by molar-refractivity contribution is 9.10. The van der Waals surface area contributed by atoms with Gasteiger partial charge in [-0.2, -0.15) is 0 Å². The highest BCUT2D eigenvalue weighted by atomic mass is 79.9. The molecule has 15 heavy (non-hydrogen) atoms. The van der Waals surface area contributed by atoms with Gasteiger partial charge in [-0.25, -0.2) is 8.42 Å². The second kappa shape index (κ2) is 3.57. The fraction of sp³-hybridized carbons (Fsp3) is 0.400. The molecule has 1 aliphatic rings. The molecular formula is C10H12BrNO2S. The first kappa shape index (κ1) is 11.1. The Hall–Kier alpha value is -0.390. The summed E-state index contributed by atoms with van der Waals surface area (Å²) in [6, 6.07) is 5.35. The van der Waals surface area contributed by atoms with E-state index in [9.17, 15) is 8.42 Å². The minimum atomic E-state index is -3.07. The van der Waals surface area contributed by atoms with Crippen molar-refractivity contribution in [2.45, 2.75) is 17.7 Å². The fourth-order valence-corrected chi connectivity index (χ4v) is 3.61. The molecule has 3 nitrogen and oxygen atoms in total. The lowest BCUT2D eigenvalue weighted by Gasteiger charge is -2.13. The van der Waals surface area contributed by atoms with Gasteiger partial charge in [0, 0.05) is 16.8 Å². The molecule has 0 amide bonds. The van der Waals surface area contributed by atoms with Crippen LogP contribution in [0.15, 0.2) is 22.7 Å². The van der Waals surface area contributed by atoms with Crippen molar-refractivity contribution >= 4 is 25.8 Å². The molecule has 0 heterocycles. The summed E-state index contributed by atoms with van der Waals surface area (Å²) in [6.45, 7) is 0. The van der Waals surface area contributed by atoms with Crippen molar-refractivity contribution in [1.29, 1.82) is 0 Å². The van der Waals surface area contributed by atoms with Crippen molar-refractivity contribution < 1.29 is 8.42 Å². The maximum atomic E-state index is 11.5. The van der Waals surface area contributed by atoms with Crippen molar-refractivity contribution in [3.05, 3.63) is 33.8 Å². The van der Waals surface area contributed by atoms with E-state index in [4.69, 9.17) is 5.73 Å². The molecular weight excluding hydrogens is 278 g/mol. The number of fused-ring (bicyclic) bond motifs is 1. The number of nitrogens with two attached hydrogens (primary N) is 1. The summed E-state index contributed by atoms with van der Waals surface area (Å²) >= 11 is 3.36. The molecule has 1 aromatic rings. The molecule has 82 valence electrons. The smallest absolute Gasteiger partial charge is 0.152 e. The monoisotopic (exact) mass is 289 g/mol. The zero-order valence-corrected chi connectivity index (χ0v) is 10.7. The summed E-state index contributed by atoms with van der Waals surface area (Å²) in [5.41, 5.74) is 7.92. The van der Waals surface area contributed by atoms with Crippen LogP contribution in [-0.4, -0.2) is 19.9 Å². The summed E-state index contributed by atoms with van der Waals surface area (Å²) in [4.78, 5) is 0. The van der Waals surface area contributed by atoms with Crippen LogP contribution < -0.4 is 5.73 Å². The molecule has 1 aliphatic carbocycles. The van der Waals surface area contributed by atoms with Gasteiger partial charge in [-0.1, -0.05) is 22.0 Å². The van der Waals surface area contributed by atoms with Crippen molar-refractivity contribution in [2.24, 2.45) is 5.73 Å². The Morgan fingerprint density at radius 2 is 2.13 bits per heavy atom. The third kappa shape index (κ3) is 1.96. The predicted octanol–water partition coefficient (Wildman–Crippen LogP) is 1.42. The van der Waals surface area contributed by atoms with Gasteiger partial charge >= 0.3 is 0 Å². The summed E-state index contributed by atoms with van der Waals surface area (Å²) in [5, 5.41) is -0.471. The number of sulfone groups is 1. The number of hydrogen-bond donors (Lipinski definition) is 1. The number of hydrogen-bond acceptors (Lipinski definition) is 3. The van der Waals surface area contributed by atoms with Crippen LogP contribution in [0.5, 0.6) is 0 Å². The van der Waals surface area contributed by atoms with Gasteiger partial charge in [0.1, 0.15) is 0 Å². The molecule has 2 N–H and O–H groups in total. The van der Waals surface area contributed by atoms with Crippen LogP contribution in [0.1, 0.15) is 17.2 Å². The van der Waals surface area contributed by atoms with Crippen LogP contribution in [0.2, 0.25) is 0 Å². The number of rotatable bonds is 1. The third-order valence-electron chi connectivity index (χ3n) is 2.84. The van der Waals surface area contributed by atoms with Crippen LogP contribution >= 0.6 is 15.9 Å². The van der Waals surface area contributed by atoms with E-state index >= 15 is 0 Å². The molecule has 2 rings (SSSR count). The summed E-state index contributed by atoms with van der Waals surface area (Å²) < 4.78 is 24.0. The van der Waals surface area contributed by atoms with E-state index in [-0.39, 0.29) is 6.04 Å². The van der Waals surface area contributed by atoms with Gasteiger partial charge in [0.05, 0.1) is 5.25 Å². The maximum Gasteiger partial charge on any atom is 0.152 e. The van der Waals surface area contributed by atoms with Gasteiger partial charge in [0.2, 0.25) is 0 Å². The Morgan fingerprint density at radius 1 is 1.47 bits per heavy atom. The van der Waals surface area contributed by atoms with Crippen molar-refractivity contribution in [3.8, 4) is 0 Å². The minimum absolute atomic E-state index is 0.386. The van der Waals surface area contributed by atoms with Crippen molar-refractivity contribution in [1.82, 2.24) is 0 Å². The summed E-state index contributed by atoms with van der Waals surface area (Å²) in [7, 11) is -3.07.